The first-order chi connectivity index (χ1) is 8.99. The number of hydrogen-bond acceptors (Lipinski definition) is 3. The molecule has 0 aliphatic carbocycles. The van der Waals surface area contributed by atoms with Gasteiger partial charge >= 0.3 is 5.97 Å². The maximum Gasteiger partial charge on any atom is 0.335 e. The van der Waals surface area contributed by atoms with Crippen molar-refractivity contribution in [2.24, 2.45) is 5.73 Å². The zero-order chi connectivity index (χ0) is 14.3. The average molecular weight is 264 g/mol. The molecule has 1 rings (SSSR count). The standard InChI is InChI=1S/C14H20N2O3/c1-10(15)4-2-7-13(17)16-9-11-5-3-6-12(8-11)14(18)19/h3,5-6,8,10H,2,4,7,9,15H2,1H3,(H,16,17)(H,18,19). The fourth-order valence-corrected chi connectivity index (χ4v) is 1.69. The molecule has 1 unspecified atom stereocenters. The number of aromatic carboxylic acids is 1. The highest BCUT2D eigenvalue weighted by Gasteiger charge is 2.05. The Morgan fingerprint density at radius 1 is 1.42 bits per heavy atom. The molecular weight excluding hydrogens is 244 g/mol. The fourth-order valence-electron chi connectivity index (χ4n) is 1.69. The van der Waals surface area contributed by atoms with Gasteiger partial charge in [-0.25, -0.2) is 4.79 Å². The second-order valence-electron chi connectivity index (χ2n) is 4.65. The molecule has 0 spiro atoms. The van der Waals surface area contributed by atoms with Crippen LogP contribution in [0, 0.1) is 0 Å². The highest BCUT2D eigenvalue weighted by molar-refractivity contribution is 5.87. The van der Waals surface area contributed by atoms with E-state index in [4.69, 9.17) is 10.8 Å². The van der Waals surface area contributed by atoms with Gasteiger partial charge < -0.3 is 16.2 Å². The summed E-state index contributed by atoms with van der Waals surface area (Å²) in [7, 11) is 0. The first kappa shape index (κ1) is 15.2. The number of rotatable bonds is 7. The lowest BCUT2D eigenvalue weighted by Crippen LogP contribution is -2.23. The van der Waals surface area contributed by atoms with Crippen molar-refractivity contribution in [3.8, 4) is 0 Å². The van der Waals surface area contributed by atoms with Crippen LogP contribution >= 0.6 is 0 Å². The van der Waals surface area contributed by atoms with Gasteiger partial charge in [0.05, 0.1) is 5.56 Å². The molecule has 1 amide bonds. The third-order valence-electron chi connectivity index (χ3n) is 2.73. The Labute approximate surface area is 112 Å². The minimum atomic E-state index is -0.967. The number of carbonyl (C=O) groups excluding carboxylic acids is 1. The van der Waals surface area contributed by atoms with E-state index < -0.39 is 5.97 Å². The average Bonchev–Trinajstić information content (AvgIpc) is 2.36. The lowest BCUT2D eigenvalue weighted by Gasteiger charge is -2.07. The van der Waals surface area contributed by atoms with Crippen molar-refractivity contribution in [3.63, 3.8) is 0 Å². The number of carbonyl (C=O) groups is 2. The summed E-state index contributed by atoms with van der Waals surface area (Å²) in [6.45, 7) is 2.26. The van der Waals surface area contributed by atoms with Crippen LogP contribution < -0.4 is 11.1 Å². The molecule has 104 valence electrons. The minimum Gasteiger partial charge on any atom is -0.478 e. The van der Waals surface area contributed by atoms with Gasteiger partial charge in [0.2, 0.25) is 5.91 Å². The van der Waals surface area contributed by atoms with E-state index in [1.165, 1.54) is 6.07 Å². The van der Waals surface area contributed by atoms with Gasteiger partial charge in [0.25, 0.3) is 0 Å². The van der Waals surface area contributed by atoms with Gasteiger partial charge in [-0.3, -0.25) is 4.79 Å². The molecule has 0 saturated carbocycles. The molecule has 19 heavy (non-hydrogen) atoms. The van der Waals surface area contributed by atoms with Gasteiger partial charge in [0.1, 0.15) is 0 Å². The van der Waals surface area contributed by atoms with Gasteiger partial charge in [0, 0.05) is 19.0 Å². The molecule has 0 saturated heterocycles. The Hall–Kier alpha value is -1.88. The highest BCUT2D eigenvalue weighted by Crippen LogP contribution is 2.05. The largest absolute Gasteiger partial charge is 0.478 e. The van der Waals surface area contributed by atoms with E-state index in [1.54, 1.807) is 18.2 Å². The molecule has 5 heteroatoms. The van der Waals surface area contributed by atoms with E-state index in [9.17, 15) is 9.59 Å². The topological polar surface area (TPSA) is 92.4 Å². The van der Waals surface area contributed by atoms with Crippen LogP contribution in [0.25, 0.3) is 0 Å². The van der Waals surface area contributed by atoms with E-state index in [0.29, 0.717) is 13.0 Å². The fraction of sp³-hybridized carbons (Fsp3) is 0.429. The zero-order valence-corrected chi connectivity index (χ0v) is 11.1. The third kappa shape index (κ3) is 6.01. The van der Waals surface area contributed by atoms with Crippen LogP contribution in [0.15, 0.2) is 24.3 Å². The maximum absolute atomic E-state index is 11.5. The van der Waals surface area contributed by atoms with Crippen molar-refractivity contribution < 1.29 is 14.7 Å². The summed E-state index contributed by atoms with van der Waals surface area (Å²) in [4.78, 5) is 22.3. The van der Waals surface area contributed by atoms with E-state index in [0.717, 1.165) is 18.4 Å². The second kappa shape index (κ2) is 7.53. The first-order valence-electron chi connectivity index (χ1n) is 6.33. The summed E-state index contributed by atoms with van der Waals surface area (Å²) in [6, 6.07) is 6.65. The zero-order valence-electron chi connectivity index (χ0n) is 11.1. The highest BCUT2D eigenvalue weighted by atomic mass is 16.4. The molecule has 1 aromatic rings. The molecule has 4 N–H and O–H groups in total. The quantitative estimate of drug-likeness (QED) is 0.696. The molecule has 0 aliphatic rings. The van der Waals surface area contributed by atoms with Crippen LogP contribution in [-0.2, 0) is 11.3 Å². The maximum atomic E-state index is 11.5. The number of amides is 1. The number of benzene rings is 1. The monoisotopic (exact) mass is 264 g/mol. The van der Waals surface area contributed by atoms with Gasteiger partial charge in [-0.15, -0.1) is 0 Å². The number of hydrogen-bond donors (Lipinski definition) is 3. The van der Waals surface area contributed by atoms with Gasteiger partial charge in [-0.1, -0.05) is 12.1 Å². The van der Waals surface area contributed by atoms with Gasteiger partial charge in [-0.05, 0) is 37.5 Å². The summed E-state index contributed by atoms with van der Waals surface area (Å²) in [5.41, 5.74) is 6.61. The molecule has 0 radical (unpaired) electrons. The summed E-state index contributed by atoms with van der Waals surface area (Å²) < 4.78 is 0. The molecular formula is C14H20N2O3. The van der Waals surface area contributed by atoms with Crippen LogP contribution in [0.1, 0.15) is 42.1 Å². The van der Waals surface area contributed by atoms with Gasteiger partial charge in [-0.2, -0.15) is 0 Å². The van der Waals surface area contributed by atoms with E-state index in [2.05, 4.69) is 5.32 Å². The van der Waals surface area contributed by atoms with Crippen molar-refractivity contribution in [1.82, 2.24) is 5.32 Å². The molecule has 1 aromatic carbocycles. The lowest BCUT2D eigenvalue weighted by atomic mass is 10.1. The van der Waals surface area contributed by atoms with Crippen LogP contribution in [0.3, 0.4) is 0 Å². The molecule has 0 bridgehead atoms. The summed E-state index contributed by atoms with van der Waals surface area (Å²) in [5.74, 6) is -1.01. The third-order valence-corrected chi connectivity index (χ3v) is 2.73. The Balaban J connectivity index is 2.37. The summed E-state index contributed by atoms with van der Waals surface area (Å²) >= 11 is 0. The number of nitrogens with one attached hydrogen (secondary N) is 1. The van der Waals surface area contributed by atoms with Crippen molar-refractivity contribution in [3.05, 3.63) is 35.4 Å². The molecule has 0 aliphatic heterocycles. The van der Waals surface area contributed by atoms with Crippen LogP contribution in [-0.4, -0.2) is 23.0 Å². The van der Waals surface area contributed by atoms with Gasteiger partial charge in [0.15, 0.2) is 0 Å². The van der Waals surface area contributed by atoms with Crippen LogP contribution in [0.4, 0.5) is 0 Å². The summed E-state index contributed by atoms with van der Waals surface area (Å²) in [5, 5.41) is 11.6. The Morgan fingerprint density at radius 3 is 2.79 bits per heavy atom. The van der Waals surface area contributed by atoms with Crippen molar-refractivity contribution in [2.45, 2.75) is 38.8 Å². The Kier molecular flexibility index (Phi) is 6.02. The van der Waals surface area contributed by atoms with Crippen molar-refractivity contribution in [2.75, 3.05) is 0 Å². The number of nitrogens with two attached hydrogens (primary N) is 1. The van der Waals surface area contributed by atoms with E-state index >= 15 is 0 Å². The summed E-state index contributed by atoms with van der Waals surface area (Å²) in [6.07, 6.45) is 2.03. The molecule has 1 atom stereocenters. The van der Waals surface area contributed by atoms with Crippen molar-refractivity contribution >= 4 is 11.9 Å². The predicted octanol–water partition coefficient (Wildman–Crippen LogP) is 1.52. The predicted molar refractivity (Wildman–Crippen MR) is 72.7 cm³/mol. The number of carboxylic acid groups (broad SMARTS) is 1. The normalized spacial score (nSPS) is 11.9. The van der Waals surface area contributed by atoms with E-state index in [1.807, 2.05) is 6.92 Å². The van der Waals surface area contributed by atoms with Crippen molar-refractivity contribution in [1.29, 1.82) is 0 Å². The SMILES string of the molecule is CC(N)CCCC(=O)NCc1cccc(C(=O)O)c1. The molecule has 0 fully saturated rings. The van der Waals surface area contributed by atoms with E-state index in [-0.39, 0.29) is 17.5 Å². The molecule has 5 nitrogen and oxygen atoms in total. The van der Waals surface area contributed by atoms with Crippen LogP contribution in [0.2, 0.25) is 0 Å². The molecule has 0 heterocycles. The lowest BCUT2D eigenvalue weighted by molar-refractivity contribution is -0.121. The molecule has 0 aromatic heterocycles. The number of carboxylic acids is 1. The Morgan fingerprint density at radius 2 is 2.16 bits per heavy atom. The first-order valence-corrected chi connectivity index (χ1v) is 6.33. The second-order valence-corrected chi connectivity index (χ2v) is 4.65. The van der Waals surface area contributed by atoms with Crippen LogP contribution in [0.5, 0.6) is 0 Å². The minimum absolute atomic E-state index is 0.0404. The Bertz CT molecular complexity index is 444. The smallest absolute Gasteiger partial charge is 0.335 e.